The van der Waals surface area contributed by atoms with E-state index in [1.54, 1.807) is 12.0 Å². The monoisotopic (exact) mass is 308 g/mol. The molecule has 0 unspecified atom stereocenters. The zero-order valence-corrected chi connectivity index (χ0v) is 14.1. The third-order valence-corrected chi connectivity index (χ3v) is 3.59. The first-order chi connectivity index (χ1) is 10.4. The molecule has 0 aliphatic heterocycles. The van der Waals surface area contributed by atoms with Gasteiger partial charge in [0.15, 0.2) is 0 Å². The summed E-state index contributed by atoms with van der Waals surface area (Å²) < 4.78 is 5.31. The number of carbonyl (C=O) groups excluding carboxylic acids is 1. The molecule has 0 atom stereocenters. The number of nitrogens with one attached hydrogen (secondary N) is 1. The van der Waals surface area contributed by atoms with Crippen LogP contribution in [0.5, 0.6) is 0 Å². The summed E-state index contributed by atoms with van der Waals surface area (Å²) in [6.07, 6.45) is 0.562. The van der Waals surface area contributed by atoms with E-state index in [1.807, 2.05) is 45.0 Å². The Morgan fingerprint density at radius 3 is 2.50 bits per heavy atom. The van der Waals surface area contributed by atoms with Gasteiger partial charge in [-0.25, -0.2) is 4.79 Å². The van der Waals surface area contributed by atoms with Gasteiger partial charge in [-0.3, -0.25) is 0 Å². The molecule has 124 valence electrons. The fourth-order valence-corrected chi connectivity index (χ4v) is 1.90. The Bertz CT molecular complexity index is 457. The van der Waals surface area contributed by atoms with Crippen LogP contribution in [0.2, 0.25) is 0 Å². The van der Waals surface area contributed by atoms with Crippen molar-refractivity contribution in [3.05, 3.63) is 35.4 Å². The Balaban J connectivity index is 2.66. The number of carbonyl (C=O) groups is 1. The minimum absolute atomic E-state index is 0.0707. The predicted octanol–water partition coefficient (Wildman–Crippen LogP) is 2.31. The lowest BCUT2D eigenvalue weighted by Crippen LogP contribution is -2.46. The molecule has 0 saturated heterocycles. The number of aliphatic hydroxyl groups is 1. The third-order valence-electron chi connectivity index (χ3n) is 3.59. The van der Waals surface area contributed by atoms with E-state index >= 15 is 0 Å². The first-order valence-corrected chi connectivity index (χ1v) is 7.62. The summed E-state index contributed by atoms with van der Waals surface area (Å²) in [4.78, 5) is 14.1. The first kappa shape index (κ1) is 18.5. The Morgan fingerprint density at radius 2 is 1.95 bits per heavy atom. The topological polar surface area (TPSA) is 61.8 Å². The maximum atomic E-state index is 12.4. The lowest BCUT2D eigenvalue weighted by molar-refractivity contribution is 0.0242. The number of benzene rings is 1. The van der Waals surface area contributed by atoms with E-state index in [0.717, 1.165) is 5.56 Å². The number of hydrogen-bond acceptors (Lipinski definition) is 3. The van der Waals surface area contributed by atoms with E-state index in [2.05, 4.69) is 5.32 Å². The van der Waals surface area contributed by atoms with E-state index < -0.39 is 5.60 Å². The van der Waals surface area contributed by atoms with Crippen LogP contribution in [-0.4, -0.2) is 48.4 Å². The Labute approximate surface area is 133 Å². The summed E-state index contributed by atoms with van der Waals surface area (Å²) in [5.74, 6) is 0. The number of urea groups is 1. The van der Waals surface area contributed by atoms with E-state index in [4.69, 9.17) is 9.84 Å². The second kappa shape index (κ2) is 8.76. The lowest BCUT2D eigenvalue weighted by atomic mass is 10.1. The van der Waals surface area contributed by atoms with Crippen LogP contribution < -0.4 is 5.32 Å². The van der Waals surface area contributed by atoms with Crippen LogP contribution in [0.1, 0.15) is 31.4 Å². The molecule has 1 aromatic carbocycles. The number of nitrogens with zero attached hydrogens (tertiary/aromatic N) is 1. The van der Waals surface area contributed by atoms with Crippen LogP contribution in [0.25, 0.3) is 0 Å². The van der Waals surface area contributed by atoms with E-state index in [9.17, 15) is 4.79 Å². The molecule has 5 heteroatoms. The zero-order valence-electron chi connectivity index (χ0n) is 14.1. The van der Waals surface area contributed by atoms with Crippen molar-refractivity contribution < 1.29 is 14.6 Å². The molecule has 0 bridgehead atoms. The molecule has 0 aliphatic carbocycles. The number of aryl methyl sites for hydroxylation is 1. The van der Waals surface area contributed by atoms with Gasteiger partial charge >= 0.3 is 6.03 Å². The van der Waals surface area contributed by atoms with Crippen molar-refractivity contribution in [2.45, 2.75) is 39.3 Å². The molecule has 0 fully saturated rings. The number of rotatable bonds is 8. The molecular weight excluding hydrogens is 280 g/mol. The predicted molar refractivity (Wildman–Crippen MR) is 87.8 cm³/mol. The molecule has 0 heterocycles. The average Bonchev–Trinajstić information content (AvgIpc) is 2.51. The quantitative estimate of drug-likeness (QED) is 0.775. The molecule has 0 radical (unpaired) electrons. The molecule has 0 spiro atoms. The zero-order chi connectivity index (χ0) is 16.6. The first-order valence-electron chi connectivity index (χ1n) is 7.62. The highest BCUT2D eigenvalue weighted by atomic mass is 16.5. The van der Waals surface area contributed by atoms with Crippen molar-refractivity contribution in [2.24, 2.45) is 0 Å². The minimum atomic E-state index is -0.401. The van der Waals surface area contributed by atoms with Gasteiger partial charge in [0.25, 0.3) is 0 Å². The van der Waals surface area contributed by atoms with Crippen LogP contribution in [0, 0.1) is 6.92 Å². The molecule has 1 aromatic rings. The lowest BCUT2D eigenvalue weighted by Gasteiger charge is -2.27. The SMILES string of the molecule is COC(C)(C)CNC(=O)N(CCCO)Cc1ccc(C)cc1. The molecule has 1 rings (SSSR count). The summed E-state index contributed by atoms with van der Waals surface area (Å²) in [6, 6.07) is 7.97. The standard InChI is InChI=1S/C17H28N2O3/c1-14-6-8-15(9-7-14)12-19(10-5-11-20)16(21)18-13-17(2,3)22-4/h6-9,20H,5,10-13H2,1-4H3,(H,18,21). The van der Waals surface area contributed by atoms with Gasteiger partial charge in [0.1, 0.15) is 0 Å². The van der Waals surface area contributed by atoms with Crippen molar-refractivity contribution in [3.8, 4) is 0 Å². The van der Waals surface area contributed by atoms with Crippen molar-refractivity contribution in [1.29, 1.82) is 0 Å². The highest BCUT2D eigenvalue weighted by molar-refractivity contribution is 5.74. The average molecular weight is 308 g/mol. The van der Waals surface area contributed by atoms with Gasteiger partial charge in [0.2, 0.25) is 0 Å². The van der Waals surface area contributed by atoms with Crippen LogP contribution in [0.15, 0.2) is 24.3 Å². The number of hydrogen-bond donors (Lipinski definition) is 2. The van der Waals surface area contributed by atoms with Gasteiger partial charge in [0, 0.05) is 33.4 Å². The van der Waals surface area contributed by atoms with Crippen LogP contribution >= 0.6 is 0 Å². The summed E-state index contributed by atoms with van der Waals surface area (Å²) in [5, 5.41) is 11.9. The maximum Gasteiger partial charge on any atom is 0.317 e. The molecule has 0 saturated carbocycles. The number of amides is 2. The highest BCUT2D eigenvalue weighted by Gasteiger charge is 2.20. The van der Waals surface area contributed by atoms with Gasteiger partial charge in [-0.05, 0) is 32.8 Å². The van der Waals surface area contributed by atoms with Crippen molar-refractivity contribution in [1.82, 2.24) is 10.2 Å². The van der Waals surface area contributed by atoms with Gasteiger partial charge in [0.05, 0.1) is 5.60 Å². The fraction of sp³-hybridized carbons (Fsp3) is 0.588. The minimum Gasteiger partial charge on any atom is -0.396 e. The molecule has 2 amide bonds. The Hall–Kier alpha value is -1.59. The smallest absolute Gasteiger partial charge is 0.317 e. The molecule has 0 aromatic heterocycles. The van der Waals surface area contributed by atoms with Gasteiger partial charge in [-0.2, -0.15) is 0 Å². The van der Waals surface area contributed by atoms with Crippen LogP contribution in [-0.2, 0) is 11.3 Å². The summed E-state index contributed by atoms with van der Waals surface area (Å²) >= 11 is 0. The third kappa shape index (κ3) is 6.45. The fourth-order valence-electron chi connectivity index (χ4n) is 1.90. The molecule has 2 N–H and O–H groups in total. The van der Waals surface area contributed by atoms with Crippen LogP contribution in [0.3, 0.4) is 0 Å². The molecule has 0 aliphatic rings. The number of methoxy groups -OCH3 is 1. The Morgan fingerprint density at radius 1 is 1.32 bits per heavy atom. The summed E-state index contributed by atoms with van der Waals surface area (Å²) in [6.45, 7) is 7.43. The van der Waals surface area contributed by atoms with Gasteiger partial charge in [-0.15, -0.1) is 0 Å². The molecular formula is C17H28N2O3. The van der Waals surface area contributed by atoms with Gasteiger partial charge in [-0.1, -0.05) is 29.8 Å². The second-order valence-electron chi connectivity index (χ2n) is 6.11. The van der Waals surface area contributed by atoms with Crippen molar-refractivity contribution >= 4 is 6.03 Å². The van der Waals surface area contributed by atoms with Crippen LogP contribution in [0.4, 0.5) is 4.79 Å². The number of ether oxygens (including phenoxy) is 1. The number of aliphatic hydroxyl groups excluding tert-OH is 1. The van der Waals surface area contributed by atoms with E-state index in [1.165, 1.54) is 5.56 Å². The maximum absolute atomic E-state index is 12.4. The largest absolute Gasteiger partial charge is 0.396 e. The van der Waals surface area contributed by atoms with E-state index in [-0.39, 0.29) is 12.6 Å². The summed E-state index contributed by atoms with van der Waals surface area (Å²) in [7, 11) is 1.63. The molecule has 5 nitrogen and oxygen atoms in total. The van der Waals surface area contributed by atoms with Crippen molar-refractivity contribution in [2.75, 3.05) is 26.8 Å². The highest BCUT2D eigenvalue weighted by Crippen LogP contribution is 2.09. The van der Waals surface area contributed by atoms with E-state index in [0.29, 0.717) is 26.1 Å². The summed E-state index contributed by atoms with van der Waals surface area (Å²) in [5.41, 5.74) is 1.86. The van der Waals surface area contributed by atoms with Gasteiger partial charge < -0.3 is 20.1 Å². The molecule has 22 heavy (non-hydrogen) atoms. The van der Waals surface area contributed by atoms with Crippen molar-refractivity contribution in [3.63, 3.8) is 0 Å². The normalized spacial score (nSPS) is 11.3. The Kier molecular flexibility index (Phi) is 7.35. The second-order valence-corrected chi connectivity index (χ2v) is 6.11.